The lowest BCUT2D eigenvalue weighted by Gasteiger charge is -2.25. The maximum atomic E-state index is 13.0. The largest absolute Gasteiger partial charge is 0.480 e. The molecule has 0 saturated carbocycles. The van der Waals surface area contributed by atoms with E-state index in [1.807, 2.05) is 66.7 Å². The zero-order valence-electron chi connectivity index (χ0n) is 22.1. The third-order valence-corrected chi connectivity index (χ3v) is 7.39. The van der Waals surface area contributed by atoms with Crippen LogP contribution in [-0.2, 0) is 30.4 Å². The van der Waals surface area contributed by atoms with Gasteiger partial charge in [0.05, 0.1) is 18.8 Å². The quantitative estimate of drug-likeness (QED) is 0.354. The lowest BCUT2D eigenvalue weighted by Crippen LogP contribution is -2.55. The van der Waals surface area contributed by atoms with Gasteiger partial charge in [-0.25, -0.2) is 9.59 Å². The summed E-state index contributed by atoms with van der Waals surface area (Å²) in [6.07, 6.45) is -2.13. The molecule has 5 rings (SSSR count). The van der Waals surface area contributed by atoms with Gasteiger partial charge in [0.15, 0.2) is 12.1 Å². The number of ether oxygens (including phenoxy) is 3. The van der Waals surface area contributed by atoms with Gasteiger partial charge in [-0.05, 0) is 41.2 Å². The summed E-state index contributed by atoms with van der Waals surface area (Å²) in [4.78, 5) is 37.7. The molecule has 9 heteroatoms. The number of benzene rings is 3. The van der Waals surface area contributed by atoms with Crippen molar-refractivity contribution in [2.75, 3.05) is 13.2 Å². The molecule has 1 saturated heterocycles. The zero-order chi connectivity index (χ0) is 28.1. The van der Waals surface area contributed by atoms with E-state index < -0.39 is 42.3 Å². The Morgan fingerprint density at radius 1 is 0.950 bits per heavy atom. The second kappa shape index (κ2) is 12.3. The first kappa shape index (κ1) is 27.4. The third-order valence-electron chi connectivity index (χ3n) is 7.39. The van der Waals surface area contributed by atoms with Gasteiger partial charge in [0.2, 0.25) is 0 Å². The van der Waals surface area contributed by atoms with E-state index in [0.29, 0.717) is 6.42 Å². The number of alkyl carbamates (subject to hydrolysis) is 1. The molecule has 3 aromatic carbocycles. The van der Waals surface area contributed by atoms with E-state index in [9.17, 15) is 19.5 Å². The summed E-state index contributed by atoms with van der Waals surface area (Å²) < 4.78 is 16.9. The van der Waals surface area contributed by atoms with Crippen molar-refractivity contribution in [3.05, 3.63) is 95.6 Å². The number of nitrogens with one attached hydrogen (secondary N) is 2. The summed E-state index contributed by atoms with van der Waals surface area (Å²) in [7, 11) is 0. The van der Waals surface area contributed by atoms with Crippen molar-refractivity contribution >= 4 is 18.0 Å². The third kappa shape index (κ3) is 6.00. The van der Waals surface area contributed by atoms with E-state index in [4.69, 9.17) is 14.2 Å². The molecular formula is C31H32N2O7. The van der Waals surface area contributed by atoms with Crippen LogP contribution in [0.2, 0.25) is 0 Å². The van der Waals surface area contributed by atoms with Crippen molar-refractivity contribution in [3.8, 4) is 11.1 Å². The lowest BCUT2D eigenvalue weighted by atomic mass is 9.98. The van der Waals surface area contributed by atoms with Crippen LogP contribution in [0.3, 0.4) is 0 Å². The maximum absolute atomic E-state index is 13.0. The molecule has 0 aromatic heterocycles. The second-order valence-electron chi connectivity index (χ2n) is 9.98. The van der Waals surface area contributed by atoms with Gasteiger partial charge in [-0.15, -0.1) is 0 Å². The van der Waals surface area contributed by atoms with Crippen LogP contribution >= 0.6 is 0 Å². The Hall–Kier alpha value is -4.21. The molecule has 0 spiro atoms. The highest BCUT2D eigenvalue weighted by Gasteiger charge is 2.39. The first-order valence-corrected chi connectivity index (χ1v) is 13.3. The van der Waals surface area contributed by atoms with Gasteiger partial charge in [0.25, 0.3) is 5.91 Å². The van der Waals surface area contributed by atoms with Crippen molar-refractivity contribution in [3.63, 3.8) is 0 Å². The number of hydrogen-bond donors (Lipinski definition) is 3. The van der Waals surface area contributed by atoms with Crippen LogP contribution in [0.1, 0.15) is 36.0 Å². The average molecular weight is 545 g/mol. The van der Waals surface area contributed by atoms with Gasteiger partial charge >= 0.3 is 12.1 Å². The number of amides is 2. The molecule has 9 nitrogen and oxygen atoms in total. The SMILES string of the molecule is C[C@H](OCc1ccccc1)[C@@H](NC(=O)[C@@H]1OCC[C@@H]1NC(=O)OCC1c2ccccc2-c2ccccc21)C(=O)O. The van der Waals surface area contributed by atoms with Crippen molar-refractivity contribution in [2.45, 2.75) is 50.2 Å². The van der Waals surface area contributed by atoms with Crippen LogP contribution in [0, 0.1) is 0 Å². The Balaban J connectivity index is 1.16. The fourth-order valence-electron chi connectivity index (χ4n) is 5.30. The summed E-state index contributed by atoms with van der Waals surface area (Å²) in [5, 5.41) is 15.0. The van der Waals surface area contributed by atoms with Crippen LogP contribution in [0.15, 0.2) is 78.9 Å². The van der Waals surface area contributed by atoms with Gasteiger partial charge in [-0.1, -0.05) is 78.9 Å². The highest BCUT2D eigenvalue weighted by atomic mass is 16.6. The number of fused-ring (bicyclic) bond motifs is 3. The van der Waals surface area contributed by atoms with E-state index >= 15 is 0 Å². The molecule has 1 aliphatic heterocycles. The number of aliphatic carboxylic acids is 1. The summed E-state index contributed by atoms with van der Waals surface area (Å²) in [5.41, 5.74) is 5.34. The van der Waals surface area contributed by atoms with E-state index in [1.54, 1.807) is 6.92 Å². The number of carboxylic acids is 1. The fourth-order valence-corrected chi connectivity index (χ4v) is 5.30. The molecule has 0 radical (unpaired) electrons. The smallest absolute Gasteiger partial charge is 0.407 e. The molecule has 0 unspecified atom stereocenters. The van der Waals surface area contributed by atoms with Crippen molar-refractivity contribution < 1.29 is 33.7 Å². The first-order valence-electron chi connectivity index (χ1n) is 13.3. The van der Waals surface area contributed by atoms with Gasteiger partial charge in [0.1, 0.15) is 6.61 Å². The summed E-state index contributed by atoms with van der Waals surface area (Å²) >= 11 is 0. The standard InChI is InChI=1S/C31H32N2O7/c1-19(39-17-20-9-3-2-4-10-20)27(30(35)36)33-29(34)28-26(15-16-38-28)32-31(37)40-18-25-23-13-7-5-11-21(23)22-12-6-8-14-24(22)25/h2-14,19,25-28H,15-18H2,1H3,(H,32,37)(H,33,34)(H,35,36)/t19-,26-,27+,28+/m0/s1. The number of carbonyl (C=O) groups excluding carboxylic acids is 2. The highest BCUT2D eigenvalue weighted by Crippen LogP contribution is 2.44. The number of rotatable bonds is 10. The van der Waals surface area contributed by atoms with Crippen molar-refractivity contribution in [1.29, 1.82) is 0 Å². The lowest BCUT2D eigenvalue weighted by molar-refractivity contribution is -0.148. The van der Waals surface area contributed by atoms with Crippen molar-refractivity contribution in [2.24, 2.45) is 0 Å². The van der Waals surface area contributed by atoms with E-state index in [0.717, 1.165) is 27.8 Å². The Bertz CT molecular complexity index is 1320. The van der Waals surface area contributed by atoms with Crippen LogP contribution in [-0.4, -0.2) is 60.6 Å². The Morgan fingerprint density at radius 2 is 1.57 bits per heavy atom. The maximum Gasteiger partial charge on any atom is 0.407 e. The average Bonchev–Trinajstić information content (AvgIpc) is 3.56. The minimum Gasteiger partial charge on any atom is -0.480 e. The molecule has 0 bridgehead atoms. The van der Waals surface area contributed by atoms with E-state index in [-0.39, 0.29) is 25.7 Å². The molecule has 4 atom stereocenters. The molecular weight excluding hydrogens is 512 g/mol. The number of carbonyl (C=O) groups is 3. The molecule has 1 fully saturated rings. The first-order chi connectivity index (χ1) is 19.4. The summed E-state index contributed by atoms with van der Waals surface area (Å²) in [6, 6.07) is 23.5. The second-order valence-corrected chi connectivity index (χ2v) is 9.98. The van der Waals surface area contributed by atoms with Gasteiger partial charge < -0.3 is 30.0 Å². The zero-order valence-corrected chi connectivity index (χ0v) is 22.1. The minimum absolute atomic E-state index is 0.0919. The predicted molar refractivity (Wildman–Crippen MR) is 147 cm³/mol. The molecule has 40 heavy (non-hydrogen) atoms. The minimum atomic E-state index is -1.30. The van der Waals surface area contributed by atoms with Gasteiger partial charge in [-0.3, -0.25) is 4.79 Å². The molecule has 2 aliphatic rings. The normalized spacial score (nSPS) is 19.2. The number of carboxylic acid groups (broad SMARTS) is 1. The van der Waals surface area contributed by atoms with Crippen LogP contribution < -0.4 is 10.6 Å². The van der Waals surface area contributed by atoms with E-state index in [2.05, 4.69) is 22.8 Å². The van der Waals surface area contributed by atoms with Crippen molar-refractivity contribution in [1.82, 2.24) is 10.6 Å². The predicted octanol–water partition coefficient (Wildman–Crippen LogP) is 3.86. The molecule has 3 N–H and O–H groups in total. The fraction of sp³-hybridized carbons (Fsp3) is 0.323. The monoisotopic (exact) mass is 544 g/mol. The van der Waals surface area contributed by atoms with Crippen LogP contribution in [0.5, 0.6) is 0 Å². The Morgan fingerprint density at radius 3 is 2.23 bits per heavy atom. The topological polar surface area (TPSA) is 123 Å². The highest BCUT2D eigenvalue weighted by molar-refractivity contribution is 5.88. The number of hydrogen-bond acceptors (Lipinski definition) is 6. The Kier molecular flexibility index (Phi) is 8.42. The molecule has 3 aromatic rings. The van der Waals surface area contributed by atoms with Crippen LogP contribution in [0.25, 0.3) is 11.1 Å². The van der Waals surface area contributed by atoms with Gasteiger partial charge in [0, 0.05) is 12.5 Å². The molecule has 208 valence electrons. The molecule has 1 heterocycles. The summed E-state index contributed by atoms with van der Waals surface area (Å²) in [5.74, 6) is -1.96. The summed E-state index contributed by atoms with van der Waals surface area (Å²) in [6.45, 7) is 2.17. The Labute approximate surface area is 232 Å². The van der Waals surface area contributed by atoms with Gasteiger partial charge in [-0.2, -0.15) is 0 Å². The van der Waals surface area contributed by atoms with Crippen LogP contribution in [0.4, 0.5) is 4.79 Å². The van der Waals surface area contributed by atoms with E-state index in [1.165, 1.54) is 0 Å². The molecule has 1 aliphatic carbocycles. The molecule has 2 amide bonds.